The van der Waals surface area contributed by atoms with Crippen molar-refractivity contribution in [2.45, 2.75) is 97.7 Å². The number of carbonyl (C=O) groups excluding carboxylic acids is 2. The van der Waals surface area contributed by atoms with Gasteiger partial charge >= 0.3 is 11.9 Å². The molecule has 1 spiro atoms. The Balaban J connectivity index is 1.64. The van der Waals surface area contributed by atoms with Gasteiger partial charge in [-0.3, -0.25) is 9.59 Å². The maximum absolute atomic E-state index is 12.7. The summed E-state index contributed by atoms with van der Waals surface area (Å²) in [5.74, 6) is -0.401. The van der Waals surface area contributed by atoms with Crippen molar-refractivity contribution in [2.24, 2.45) is 39.9 Å². The molecule has 6 heteroatoms. The third kappa shape index (κ3) is 2.49. The maximum atomic E-state index is 12.7. The summed E-state index contributed by atoms with van der Waals surface area (Å²) >= 11 is 0. The number of hydrogen-bond donors (Lipinski definition) is 1. The van der Waals surface area contributed by atoms with Crippen LogP contribution in [-0.4, -0.2) is 35.7 Å². The Morgan fingerprint density at radius 1 is 1.20 bits per heavy atom. The van der Waals surface area contributed by atoms with Gasteiger partial charge < -0.3 is 19.3 Å². The molecule has 2 aliphatic heterocycles. The van der Waals surface area contributed by atoms with Gasteiger partial charge in [0, 0.05) is 12.3 Å². The van der Waals surface area contributed by atoms with Gasteiger partial charge in [0.05, 0.1) is 11.3 Å². The van der Waals surface area contributed by atoms with Crippen LogP contribution < -0.4 is 0 Å². The Labute approximate surface area is 179 Å². The molecule has 3 saturated carbocycles. The van der Waals surface area contributed by atoms with Crippen molar-refractivity contribution in [1.82, 2.24) is 0 Å². The predicted molar refractivity (Wildman–Crippen MR) is 108 cm³/mol. The molecule has 5 fully saturated rings. The summed E-state index contributed by atoms with van der Waals surface area (Å²) in [5.41, 5.74) is -0.597. The maximum Gasteiger partial charge on any atom is 0.311 e. The number of hydrogen-bond acceptors (Lipinski definition) is 6. The van der Waals surface area contributed by atoms with E-state index in [0.29, 0.717) is 12.3 Å². The highest BCUT2D eigenvalue weighted by atomic mass is 16.8. The van der Waals surface area contributed by atoms with E-state index in [0.717, 1.165) is 44.9 Å². The Hall–Kier alpha value is -1.14. The lowest BCUT2D eigenvalue weighted by Crippen LogP contribution is -2.68. The van der Waals surface area contributed by atoms with E-state index >= 15 is 0 Å². The number of rotatable bonds is 3. The molecule has 1 N–H and O–H groups in total. The quantitative estimate of drug-likeness (QED) is 0.700. The summed E-state index contributed by atoms with van der Waals surface area (Å²) < 4.78 is 17.6. The zero-order chi connectivity index (χ0) is 21.5. The molecule has 3 aliphatic carbocycles. The van der Waals surface area contributed by atoms with E-state index in [9.17, 15) is 14.7 Å². The van der Waals surface area contributed by atoms with E-state index in [1.807, 2.05) is 6.92 Å². The zero-order valence-corrected chi connectivity index (χ0v) is 18.7. The third-order valence-corrected chi connectivity index (χ3v) is 9.71. The number of esters is 2. The molecule has 2 heterocycles. The molecule has 2 saturated heterocycles. The summed E-state index contributed by atoms with van der Waals surface area (Å²) in [5, 5.41) is 11.4. The number of aliphatic hydroxyl groups is 1. The zero-order valence-electron chi connectivity index (χ0n) is 18.7. The van der Waals surface area contributed by atoms with E-state index in [-0.39, 0.29) is 40.5 Å². The number of carbonyl (C=O) groups is 2. The van der Waals surface area contributed by atoms with Crippen LogP contribution in [0.5, 0.6) is 0 Å². The van der Waals surface area contributed by atoms with Gasteiger partial charge in [-0.15, -0.1) is 0 Å². The molecule has 5 rings (SSSR count). The van der Waals surface area contributed by atoms with Gasteiger partial charge in [-0.1, -0.05) is 34.1 Å². The minimum Gasteiger partial charge on any atom is -0.462 e. The van der Waals surface area contributed by atoms with Gasteiger partial charge in [0.15, 0.2) is 6.29 Å². The molecule has 0 bridgehead atoms. The van der Waals surface area contributed by atoms with Crippen molar-refractivity contribution >= 4 is 11.9 Å². The van der Waals surface area contributed by atoms with Crippen LogP contribution in [0.2, 0.25) is 0 Å². The second-order valence-corrected chi connectivity index (χ2v) is 11.4. The highest BCUT2D eigenvalue weighted by Crippen LogP contribution is 2.73. The lowest BCUT2D eigenvalue weighted by molar-refractivity contribution is -0.279. The predicted octanol–water partition coefficient (Wildman–Crippen LogP) is 3.79. The molecule has 168 valence electrons. The van der Waals surface area contributed by atoms with Crippen molar-refractivity contribution in [3.8, 4) is 0 Å². The summed E-state index contributed by atoms with van der Waals surface area (Å²) in [6.45, 7) is 9.04. The standard InChI is InChI=1S/C24H36O6/c1-5-7-17(25)28-16-12-15-22(2,3)10-6-11-23(15,4)14-9-8-13-18-20(29-19(13)26)30-21(27)24(14,16)18/h13-16,18,20-21,27H,5-12H2,1-4H3/t13-,14-,15+,16-,18+,20+,21-,23-,24-/m1/s1. The van der Waals surface area contributed by atoms with E-state index in [1.165, 1.54) is 0 Å². The van der Waals surface area contributed by atoms with Crippen LogP contribution in [0.4, 0.5) is 0 Å². The fourth-order valence-electron chi connectivity index (χ4n) is 8.68. The van der Waals surface area contributed by atoms with Crippen LogP contribution in [0.1, 0.15) is 79.1 Å². The average Bonchev–Trinajstić information content (AvgIpc) is 3.13. The van der Waals surface area contributed by atoms with Gasteiger partial charge in [-0.05, 0) is 61.2 Å². The fourth-order valence-corrected chi connectivity index (χ4v) is 8.68. The van der Waals surface area contributed by atoms with Gasteiger partial charge in [0.2, 0.25) is 6.29 Å². The third-order valence-electron chi connectivity index (χ3n) is 9.71. The van der Waals surface area contributed by atoms with E-state index in [1.54, 1.807) is 0 Å². The molecule has 0 amide bonds. The van der Waals surface area contributed by atoms with Crippen molar-refractivity contribution in [2.75, 3.05) is 0 Å². The van der Waals surface area contributed by atoms with Gasteiger partial charge in [-0.2, -0.15) is 0 Å². The summed E-state index contributed by atoms with van der Waals surface area (Å²) in [6, 6.07) is 0. The molecule has 0 radical (unpaired) electrons. The topological polar surface area (TPSA) is 82.1 Å². The first-order chi connectivity index (χ1) is 14.2. The van der Waals surface area contributed by atoms with Gasteiger partial charge in [0.25, 0.3) is 0 Å². The average molecular weight is 421 g/mol. The van der Waals surface area contributed by atoms with Crippen LogP contribution in [-0.2, 0) is 23.8 Å². The fraction of sp³-hybridized carbons (Fsp3) is 0.917. The van der Waals surface area contributed by atoms with Crippen molar-refractivity contribution in [3.05, 3.63) is 0 Å². The second-order valence-electron chi connectivity index (χ2n) is 11.4. The molecule has 30 heavy (non-hydrogen) atoms. The molecule has 5 aliphatic rings. The molecular weight excluding hydrogens is 384 g/mol. The van der Waals surface area contributed by atoms with Crippen molar-refractivity contribution in [1.29, 1.82) is 0 Å². The van der Waals surface area contributed by atoms with Crippen LogP contribution in [0.15, 0.2) is 0 Å². The van der Waals surface area contributed by atoms with Gasteiger partial charge in [-0.25, -0.2) is 0 Å². The largest absolute Gasteiger partial charge is 0.462 e. The number of ether oxygens (including phenoxy) is 3. The van der Waals surface area contributed by atoms with Crippen LogP contribution in [0.3, 0.4) is 0 Å². The Morgan fingerprint density at radius 3 is 2.70 bits per heavy atom. The molecule has 9 atom stereocenters. The van der Waals surface area contributed by atoms with Gasteiger partial charge in [0.1, 0.15) is 6.10 Å². The Morgan fingerprint density at radius 2 is 1.97 bits per heavy atom. The smallest absolute Gasteiger partial charge is 0.311 e. The first-order valence-electron chi connectivity index (χ1n) is 11.9. The minimum absolute atomic E-state index is 0.0191. The summed E-state index contributed by atoms with van der Waals surface area (Å²) in [4.78, 5) is 25.3. The molecule has 0 aromatic heterocycles. The van der Waals surface area contributed by atoms with Crippen LogP contribution in [0.25, 0.3) is 0 Å². The minimum atomic E-state index is -1.07. The number of fused-ring (bicyclic) bond motifs is 2. The van der Waals surface area contributed by atoms with Crippen molar-refractivity contribution < 1.29 is 28.9 Å². The molecule has 0 aromatic carbocycles. The van der Waals surface area contributed by atoms with Crippen molar-refractivity contribution in [3.63, 3.8) is 0 Å². The first kappa shape index (κ1) is 20.7. The first-order valence-corrected chi connectivity index (χ1v) is 11.9. The highest BCUT2D eigenvalue weighted by Gasteiger charge is 2.78. The Bertz CT molecular complexity index is 748. The van der Waals surface area contributed by atoms with Crippen LogP contribution >= 0.6 is 0 Å². The highest BCUT2D eigenvalue weighted by molar-refractivity contribution is 5.76. The molecule has 0 aromatic rings. The lowest BCUT2D eigenvalue weighted by atomic mass is 9.37. The monoisotopic (exact) mass is 420 g/mol. The molecule has 6 nitrogen and oxygen atoms in total. The SMILES string of the molecule is CCCC(=O)O[C@@H]1C[C@H]2C(C)(C)CCC[C@]2(C)[C@H]2CC[C@H]3C(=O)O[C@H]4O[C@@H](O)[C@]21[C@H]43. The van der Waals surface area contributed by atoms with E-state index in [4.69, 9.17) is 14.2 Å². The summed E-state index contributed by atoms with van der Waals surface area (Å²) in [7, 11) is 0. The molecular formula is C24H36O6. The summed E-state index contributed by atoms with van der Waals surface area (Å²) in [6.07, 6.45) is 4.62. The lowest BCUT2D eigenvalue weighted by Gasteiger charge is -2.67. The number of aliphatic hydroxyl groups excluding tert-OH is 1. The van der Waals surface area contributed by atoms with E-state index in [2.05, 4.69) is 20.8 Å². The van der Waals surface area contributed by atoms with Crippen LogP contribution in [0, 0.1) is 39.9 Å². The Kier molecular flexibility index (Phi) is 4.62. The normalized spacial score (nSPS) is 50.8. The molecule has 0 unspecified atom stereocenters. The van der Waals surface area contributed by atoms with E-state index < -0.39 is 24.1 Å². The second kappa shape index (κ2) is 6.68.